The first-order valence-corrected chi connectivity index (χ1v) is 5.70. The van der Waals surface area contributed by atoms with Gasteiger partial charge in [-0.05, 0) is 34.1 Å². The second-order valence-corrected chi connectivity index (χ2v) is 5.32. The molecule has 1 saturated heterocycles. The molecule has 0 aromatic heterocycles. The largest absolute Gasteiger partial charge is 0.444 e. The molecule has 0 aromatic carbocycles. The summed E-state index contributed by atoms with van der Waals surface area (Å²) in [5.41, 5.74) is -0.593. The van der Waals surface area contributed by atoms with Crippen LogP contribution in [0, 0.1) is 0 Å². The predicted molar refractivity (Wildman–Crippen MR) is 60.3 cm³/mol. The first-order chi connectivity index (χ1) is 7.69. The molecule has 0 aromatic rings. The number of hydrogen-bond acceptors (Lipinski definition) is 5. The molecular weight excluding hydrogens is 226 g/mol. The smallest absolute Gasteiger partial charge is 0.407 e. The third kappa shape index (κ3) is 4.49. The van der Waals surface area contributed by atoms with Gasteiger partial charge in [-0.15, -0.1) is 0 Å². The number of aliphatic hydroxyl groups is 2. The second kappa shape index (κ2) is 5.20. The molecule has 0 bridgehead atoms. The van der Waals surface area contributed by atoms with Crippen LogP contribution in [0.15, 0.2) is 0 Å². The Labute approximate surface area is 101 Å². The van der Waals surface area contributed by atoms with Crippen LogP contribution in [-0.4, -0.2) is 46.4 Å². The summed E-state index contributed by atoms with van der Waals surface area (Å²) in [5.74, 6) is 0. The van der Waals surface area contributed by atoms with Gasteiger partial charge in [-0.2, -0.15) is 0 Å². The lowest BCUT2D eigenvalue weighted by molar-refractivity contribution is -0.219. The van der Waals surface area contributed by atoms with Crippen molar-refractivity contribution in [2.24, 2.45) is 0 Å². The van der Waals surface area contributed by atoms with Crippen LogP contribution in [0.5, 0.6) is 0 Å². The van der Waals surface area contributed by atoms with E-state index in [-0.39, 0.29) is 6.10 Å². The van der Waals surface area contributed by atoms with Crippen molar-refractivity contribution in [3.8, 4) is 0 Å². The maximum atomic E-state index is 11.5. The summed E-state index contributed by atoms with van der Waals surface area (Å²) in [6, 6.07) is -0.566. The molecule has 0 saturated carbocycles. The Hall–Kier alpha value is -0.850. The zero-order valence-corrected chi connectivity index (χ0v) is 10.6. The Kier molecular flexibility index (Phi) is 4.35. The Bertz CT molecular complexity index is 276. The molecule has 0 spiro atoms. The first kappa shape index (κ1) is 14.2. The average molecular weight is 247 g/mol. The van der Waals surface area contributed by atoms with Crippen molar-refractivity contribution in [2.75, 3.05) is 0 Å². The highest BCUT2D eigenvalue weighted by Crippen LogP contribution is 2.19. The average Bonchev–Trinajstić information content (AvgIpc) is 2.10. The molecule has 17 heavy (non-hydrogen) atoms. The molecular formula is C11H21NO5. The number of carbonyl (C=O) groups excluding carboxylic acids is 1. The van der Waals surface area contributed by atoms with E-state index in [1.54, 1.807) is 27.7 Å². The monoisotopic (exact) mass is 247 g/mol. The fraction of sp³-hybridized carbons (Fsp3) is 0.909. The van der Waals surface area contributed by atoms with Crippen LogP contribution in [0.1, 0.15) is 34.1 Å². The van der Waals surface area contributed by atoms with Crippen LogP contribution in [-0.2, 0) is 9.47 Å². The van der Waals surface area contributed by atoms with Gasteiger partial charge >= 0.3 is 6.09 Å². The minimum absolute atomic E-state index is 0.228. The number of amides is 1. The molecule has 4 atom stereocenters. The summed E-state index contributed by atoms with van der Waals surface area (Å²) in [4.78, 5) is 11.5. The number of aliphatic hydroxyl groups excluding tert-OH is 2. The van der Waals surface area contributed by atoms with E-state index in [4.69, 9.17) is 9.47 Å². The van der Waals surface area contributed by atoms with Gasteiger partial charge < -0.3 is 25.0 Å². The SMILES string of the molecule is CC1CC(NC(=O)OC(C)(C)C)C(O)[C@@H](O)O1. The quantitative estimate of drug-likeness (QED) is 0.623. The van der Waals surface area contributed by atoms with Crippen molar-refractivity contribution in [1.29, 1.82) is 0 Å². The normalized spacial score (nSPS) is 34.2. The van der Waals surface area contributed by atoms with Crippen molar-refractivity contribution >= 4 is 6.09 Å². The Morgan fingerprint density at radius 2 is 2.00 bits per heavy atom. The molecule has 6 nitrogen and oxygen atoms in total. The van der Waals surface area contributed by atoms with E-state index < -0.39 is 30.1 Å². The number of alkyl carbamates (subject to hydrolysis) is 1. The summed E-state index contributed by atoms with van der Waals surface area (Å²) in [5, 5.41) is 21.6. The Balaban J connectivity index is 2.52. The van der Waals surface area contributed by atoms with E-state index in [2.05, 4.69) is 5.32 Å². The molecule has 1 fully saturated rings. The second-order valence-electron chi connectivity index (χ2n) is 5.32. The number of hydrogen-bond donors (Lipinski definition) is 3. The lowest BCUT2D eigenvalue weighted by Crippen LogP contribution is -2.55. The molecule has 1 heterocycles. The summed E-state index contributed by atoms with van der Waals surface area (Å²) >= 11 is 0. The minimum atomic E-state index is -1.28. The molecule has 6 heteroatoms. The van der Waals surface area contributed by atoms with Crippen molar-refractivity contribution in [3.63, 3.8) is 0 Å². The number of ether oxygens (including phenoxy) is 2. The number of rotatable bonds is 1. The highest BCUT2D eigenvalue weighted by Gasteiger charge is 2.36. The standard InChI is InChI=1S/C11H21NO5/c1-6-5-7(8(13)9(14)16-6)12-10(15)17-11(2,3)4/h6-9,13-14H,5H2,1-4H3,(H,12,15)/t6?,7?,8?,9-/m0/s1. The van der Waals surface area contributed by atoms with Gasteiger partial charge in [0.1, 0.15) is 11.7 Å². The van der Waals surface area contributed by atoms with Crippen molar-refractivity contribution in [3.05, 3.63) is 0 Å². The van der Waals surface area contributed by atoms with Gasteiger partial charge in [0.05, 0.1) is 12.1 Å². The molecule has 0 radical (unpaired) electrons. The Morgan fingerprint density at radius 3 is 2.53 bits per heavy atom. The van der Waals surface area contributed by atoms with Gasteiger partial charge in [-0.1, -0.05) is 0 Å². The zero-order valence-electron chi connectivity index (χ0n) is 10.6. The zero-order chi connectivity index (χ0) is 13.2. The van der Waals surface area contributed by atoms with E-state index in [0.717, 1.165) is 0 Å². The molecule has 3 unspecified atom stereocenters. The molecule has 1 amide bonds. The molecule has 100 valence electrons. The highest BCUT2D eigenvalue weighted by molar-refractivity contribution is 5.68. The van der Waals surface area contributed by atoms with Gasteiger partial charge in [0.25, 0.3) is 0 Å². The number of carbonyl (C=O) groups is 1. The van der Waals surface area contributed by atoms with E-state index in [1.165, 1.54) is 0 Å². The van der Waals surface area contributed by atoms with Gasteiger partial charge in [-0.3, -0.25) is 0 Å². The summed E-state index contributed by atoms with van der Waals surface area (Å²) in [7, 11) is 0. The minimum Gasteiger partial charge on any atom is -0.444 e. The summed E-state index contributed by atoms with van der Waals surface area (Å²) in [6.45, 7) is 7.03. The fourth-order valence-electron chi connectivity index (χ4n) is 1.67. The lowest BCUT2D eigenvalue weighted by atomic mass is 10.0. The first-order valence-electron chi connectivity index (χ1n) is 5.70. The Morgan fingerprint density at radius 1 is 1.41 bits per heavy atom. The van der Waals surface area contributed by atoms with Crippen molar-refractivity contribution in [1.82, 2.24) is 5.32 Å². The third-order valence-corrected chi connectivity index (χ3v) is 2.36. The van der Waals surface area contributed by atoms with E-state index in [9.17, 15) is 15.0 Å². The van der Waals surface area contributed by atoms with Crippen LogP contribution in [0.4, 0.5) is 4.79 Å². The predicted octanol–water partition coefficient (Wildman–Crippen LogP) is 0.368. The number of nitrogens with one attached hydrogen (secondary N) is 1. The van der Waals surface area contributed by atoms with Gasteiger partial charge in [0.15, 0.2) is 6.29 Å². The maximum Gasteiger partial charge on any atom is 0.407 e. The fourth-order valence-corrected chi connectivity index (χ4v) is 1.67. The van der Waals surface area contributed by atoms with E-state index in [0.29, 0.717) is 6.42 Å². The summed E-state index contributed by atoms with van der Waals surface area (Å²) < 4.78 is 10.1. The van der Waals surface area contributed by atoms with Crippen molar-refractivity contribution < 1.29 is 24.5 Å². The molecule has 1 rings (SSSR count). The molecule has 1 aliphatic rings. The van der Waals surface area contributed by atoms with Crippen LogP contribution >= 0.6 is 0 Å². The maximum absolute atomic E-state index is 11.5. The van der Waals surface area contributed by atoms with Crippen LogP contribution in [0.2, 0.25) is 0 Å². The van der Waals surface area contributed by atoms with Crippen LogP contribution < -0.4 is 5.32 Å². The van der Waals surface area contributed by atoms with E-state index in [1.807, 2.05) is 0 Å². The highest BCUT2D eigenvalue weighted by atomic mass is 16.6. The van der Waals surface area contributed by atoms with E-state index >= 15 is 0 Å². The molecule has 1 aliphatic heterocycles. The van der Waals surface area contributed by atoms with Crippen LogP contribution in [0.3, 0.4) is 0 Å². The van der Waals surface area contributed by atoms with Gasteiger partial charge in [-0.25, -0.2) is 4.79 Å². The summed E-state index contributed by atoms with van der Waals surface area (Å²) in [6.07, 6.45) is -2.83. The topological polar surface area (TPSA) is 88.0 Å². The van der Waals surface area contributed by atoms with Crippen LogP contribution in [0.25, 0.3) is 0 Å². The molecule has 0 aliphatic carbocycles. The molecule has 3 N–H and O–H groups in total. The lowest BCUT2D eigenvalue weighted by Gasteiger charge is -2.36. The van der Waals surface area contributed by atoms with Gasteiger partial charge in [0.2, 0.25) is 0 Å². The van der Waals surface area contributed by atoms with Gasteiger partial charge in [0, 0.05) is 0 Å². The third-order valence-electron chi connectivity index (χ3n) is 2.36. The van der Waals surface area contributed by atoms with Crippen molar-refractivity contribution in [2.45, 2.75) is 64.3 Å².